The van der Waals surface area contributed by atoms with Gasteiger partial charge in [0.05, 0.1) is 11.8 Å². The lowest BCUT2D eigenvalue weighted by Gasteiger charge is -2.25. The first-order valence-electron chi connectivity index (χ1n) is 11.8. The predicted octanol–water partition coefficient (Wildman–Crippen LogP) is 5.10. The van der Waals surface area contributed by atoms with E-state index in [1.807, 2.05) is 72.7 Å². The third-order valence-corrected chi connectivity index (χ3v) is 7.29. The fraction of sp³-hybridized carbons (Fsp3) is 0.333. The van der Waals surface area contributed by atoms with Crippen LogP contribution >= 0.6 is 11.8 Å². The van der Waals surface area contributed by atoms with E-state index in [0.29, 0.717) is 23.8 Å². The number of aromatic nitrogens is 3. The summed E-state index contributed by atoms with van der Waals surface area (Å²) < 4.78 is 1.97. The quantitative estimate of drug-likeness (QED) is 0.352. The molecule has 1 fully saturated rings. The number of amides is 2. The number of nitrogens with zero attached hydrogens (tertiary/aromatic N) is 4. The summed E-state index contributed by atoms with van der Waals surface area (Å²) in [7, 11) is 0. The Balaban J connectivity index is 1.51. The Bertz CT molecular complexity index is 1230. The van der Waals surface area contributed by atoms with Crippen LogP contribution in [0.15, 0.2) is 60.3 Å². The molecule has 0 bridgehead atoms. The van der Waals surface area contributed by atoms with E-state index in [0.717, 1.165) is 41.0 Å². The van der Waals surface area contributed by atoms with Crippen LogP contribution in [0.1, 0.15) is 51.8 Å². The number of aryl methyl sites for hydroxylation is 3. The van der Waals surface area contributed by atoms with E-state index in [-0.39, 0.29) is 23.6 Å². The number of para-hydroxylation sites is 1. The standard InChI is InChI=1S/C27H31N5O2S/c1-5-15-32-25(22-14-9-16-31(22)26(34)21-13-7-6-10-18(21)2)29-30-27(32)35-17-23(33)28-24-19(3)11-8-12-20(24)4/h5-8,10-13,22H,1,9,14-17H2,2-4H3,(H,28,33). The first-order valence-corrected chi connectivity index (χ1v) is 12.8. The van der Waals surface area contributed by atoms with Gasteiger partial charge in [-0.25, -0.2) is 0 Å². The molecule has 1 aliphatic rings. The zero-order chi connectivity index (χ0) is 24.9. The molecule has 1 saturated heterocycles. The molecule has 1 aromatic heterocycles. The van der Waals surface area contributed by atoms with Crippen LogP contribution in [0.5, 0.6) is 0 Å². The van der Waals surface area contributed by atoms with Gasteiger partial charge in [0, 0.05) is 24.3 Å². The van der Waals surface area contributed by atoms with Gasteiger partial charge in [0.2, 0.25) is 5.91 Å². The van der Waals surface area contributed by atoms with Crippen molar-refractivity contribution in [1.82, 2.24) is 19.7 Å². The van der Waals surface area contributed by atoms with Crippen molar-refractivity contribution in [3.8, 4) is 0 Å². The first-order chi connectivity index (χ1) is 16.9. The number of allylic oxidation sites excluding steroid dienone is 1. The van der Waals surface area contributed by atoms with Crippen molar-refractivity contribution in [3.05, 3.63) is 83.2 Å². The van der Waals surface area contributed by atoms with Crippen molar-refractivity contribution in [3.63, 3.8) is 0 Å². The van der Waals surface area contributed by atoms with Crippen molar-refractivity contribution < 1.29 is 9.59 Å². The minimum absolute atomic E-state index is 0.0148. The van der Waals surface area contributed by atoms with Gasteiger partial charge >= 0.3 is 0 Å². The molecule has 2 amide bonds. The Morgan fingerprint density at radius 1 is 1.09 bits per heavy atom. The van der Waals surface area contributed by atoms with Crippen molar-refractivity contribution >= 4 is 29.3 Å². The number of thioether (sulfide) groups is 1. The van der Waals surface area contributed by atoms with Gasteiger partial charge in [0.1, 0.15) is 0 Å². The topological polar surface area (TPSA) is 80.1 Å². The summed E-state index contributed by atoms with van der Waals surface area (Å²) in [6.45, 7) is 11.0. The summed E-state index contributed by atoms with van der Waals surface area (Å²) in [5, 5.41) is 12.5. The monoisotopic (exact) mass is 489 g/mol. The van der Waals surface area contributed by atoms with Gasteiger partial charge in [0.25, 0.3) is 5.91 Å². The normalized spacial score (nSPS) is 15.3. The maximum Gasteiger partial charge on any atom is 0.254 e. The highest BCUT2D eigenvalue weighted by Crippen LogP contribution is 2.34. The highest BCUT2D eigenvalue weighted by molar-refractivity contribution is 7.99. The maximum atomic E-state index is 13.4. The Kier molecular flexibility index (Phi) is 7.70. The highest BCUT2D eigenvalue weighted by atomic mass is 32.2. The summed E-state index contributed by atoms with van der Waals surface area (Å²) in [4.78, 5) is 27.9. The van der Waals surface area contributed by atoms with Crippen LogP contribution in [0.25, 0.3) is 0 Å². The van der Waals surface area contributed by atoms with Crippen molar-refractivity contribution in [1.29, 1.82) is 0 Å². The Labute approximate surface area is 210 Å². The Hall–Kier alpha value is -3.39. The van der Waals surface area contributed by atoms with E-state index in [9.17, 15) is 9.59 Å². The Morgan fingerprint density at radius 3 is 2.51 bits per heavy atom. The summed E-state index contributed by atoms with van der Waals surface area (Å²) in [5.41, 5.74) is 4.58. The summed E-state index contributed by atoms with van der Waals surface area (Å²) in [6.07, 6.45) is 3.52. The fourth-order valence-corrected chi connectivity index (χ4v) is 5.27. The van der Waals surface area contributed by atoms with Gasteiger partial charge in [-0.1, -0.05) is 54.2 Å². The second-order valence-electron chi connectivity index (χ2n) is 8.82. The lowest BCUT2D eigenvalue weighted by Crippen LogP contribution is -2.32. The van der Waals surface area contributed by atoms with Crippen LogP contribution < -0.4 is 5.32 Å². The third kappa shape index (κ3) is 5.32. The van der Waals surface area contributed by atoms with Crippen LogP contribution in [0.3, 0.4) is 0 Å². The first kappa shape index (κ1) is 24.7. The fourth-order valence-electron chi connectivity index (χ4n) is 4.52. The van der Waals surface area contributed by atoms with Gasteiger partial charge in [-0.2, -0.15) is 0 Å². The second kappa shape index (κ2) is 10.9. The largest absolute Gasteiger partial charge is 0.328 e. The number of anilines is 1. The number of nitrogens with one attached hydrogen (secondary N) is 1. The number of carbonyl (C=O) groups is 2. The van der Waals surface area contributed by atoms with Gasteiger partial charge in [-0.3, -0.25) is 9.59 Å². The van der Waals surface area contributed by atoms with Crippen molar-refractivity contribution in [2.75, 3.05) is 17.6 Å². The van der Waals surface area contributed by atoms with E-state index in [2.05, 4.69) is 22.1 Å². The molecule has 1 atom stereocenters. The average Bonchev–Trinajstić information content (AvgIpc) is 3.47. The number of benzene rings is 2. The molecule has 0 saturated carbocycles. The molecule has 0 spiro atoms. The summed E-state index contributed by atoms with van der Waals surface area (Å²) in [5.74, 6) is 0.863. The predicted molar refractivity (Wildman–Crippen MR) is 140 cm³/mol. The number of hydrogen-bond donors (Lipinski definition) is 1. The van der Waals surface area contributed by atoms with Crippen molar-refractivity contribution in [2.24, 2.45) is 0 Å². The van der Waals surface area contributed by atoms with Gasteiger partial charge in [-0.15, -0.1) is 16.8 Å². The molecule has 1 aliphatic heterocycles. The average molecular weight is 490 g/mol. The molecule has 2 heterocycles. The molecule has 2 aromatic carbocycles. The number of carbonyl (C=O) groups excluding carboxylic acids is 2. The molecular weight excluding hydrogens is 458 g/mol. The minimum atomic E-state index is -0.160. The van der Waals surface area contributed by atoms with E-state index < -0.39 is 0 Å². The van der Waals surface area contributed by atoms with Gasteiger partial charge in [-0.05, 0) is 56.4 Å². The molecule has 1 unspecified atom stereocenters. The lowest BCUT2D eigenvalue weighted by molar-refractivity contribution is -0.113. The zero-order valence-corrected chi connectivity index (χ0v) is 21.3. The molecule has 8 heteroatoms. The van der Waals surface area contributed by atoms with E-state index in [4.69, 9.17) is 0 Å². The van der Waals surface area contributed by atoms with Crippen molar-refractivity contribution in [2.45, 2.75) is 51.4 Å². The lowest BCUT2D eigenvalue weighted by atomic mass is 10.1. The van der Waals surface area contributed by atoms with E-state index in [1.165, 1.54) is 11.8 Å². The van der Waals surface area contributed by atoms with E-state index in [1.54, 1.807) is 6.08 Å². The zero-order valence-electron chi connectivity index (χ0n) is 20.5. The van der Waals surface area contributed by atoms with Gasteiger partial charge < -0.3 is 14.8 Å². The molecule has 1 N–H and O–H groups in total. The highest BCUT2D eigenvalue weighted by Gasteiger charge is 2.35. The molecular formula is C27H31N5O2S. The van der Waals surface area contributed by atoms with Crippen LogP contribution in [0.4, 0.5) is 5.69 Å². The second-order valence-corrected chi connectivity index (χ2v) is 9.76. The van der Waals surface area contributed by atoms with Crippen LogP contribution in [-0.4, -0.2) is 43.8 Å². The Morgan fingerprint density at radius 2 is 1.80 bits per heavy atom. The summed E-state index contributed by atoms with van der Waals surface area (Å²) >= 11 is 1.34. The molecule has 3 aromatic rings. The number of hydrogen-bond acceptors (Lipinski definition) is 5. The van der Waals surface area contributed by atoms with Crippen LogP contribution in [0.2, 0.25) is 0 Å². The van der Waals surface area contributed by atoms with Crippen LogP contribution in [0, 0.1) is 20.8 Å². The number of rotatable bonds is 8. The third-order valence-electron chi connectivity index (χ3n) is 6.32. The maximum absolute atomic E-state index is 13.4. The van der Waals surface area contributed by atoms with Gasteiger partial charge in [0.15, 0.2) is 11.0 Å². The van der Waals surface area contributed by atoms with E-state index >= 15 is 0 Å². The molecule has 4 rings (SSSR count). The molecule has 0 aliphatic carbocycles. The smallest absolute Gasteiger partial charge is 0.254 e. The van der Waals surface area contributed by atoms with Crippen LogP contribution in [-0.2, 0) is 11.3 Å². The minimum Gasteiger partial charge on any atom is -0.328 e. The molecule has 0 radical (unpaired) electrons. The molecule has 35 heavy (non-hydrogen) atoms. The molecule has 182 valence electrons. The molecule has 7 nitrogen and oxygen atoms in total. The summed E-state index contributed by atoms with van der Waals surface area (Å²) in [6, 6.07) is 13.4. The number of likely N-dealkylation sites (tertiary alicyclic amines) is 1. The SMILES string of the molecule is C=CCn1c(SCC(=O)Nc2c(C)cccc2C)nnc1C1CCCN1C(=O)c1ccccc1C.